The van der Waals surface area contributed by atoms with Gasteiger partial charge in [0.25, 0.3) is 6.47 Å². The number of rotatable bonds is 9. The highest BCUT2D eigenvalue weighted by Crippen LogP contribution is 2.37. The van der Waals surface area contributed by atoms with Crippen LogP contribution in [0.4, 0.5) is 0 Å². The van der Waals surface area contributed by atoms with Gasteiger partial charge < -0.3 is 23.9 Å². The van der Waals surface area contributed by atoms with Gasteiger partial charge in [-0.3, -0.25) is 14.7 Å². The molecule has 1 N–H and O–H groups in total. The second kappa shape index (κ2) is 15.1. The summed E-state index contributed by atoms with van der Waals surface area (Å²) in [7, 11) is -0.443. The molecular weight excluding hydrogens is 593 g/mol. The Morgan fingerprint density at radius 1 is 1.02 bits per heavy atom. The van der Waals surface area contributed by atoms with Gasteiger partial charge >= 0.3 is 7.12 Å². The van der Waals surface area contributed by atoms with Gasteiger partial charge in [-0.15, -0.1) is 0 Å². The first-order valence-corrected chi connectivity index (χ1v) is 15.5. The SMILES string of the molecule is Cc1c(COc2cc(OCc3cncc(C#N)c3)c(CN3CCCCC3)cc2Cl)cccc1B1OC(C)(C)C(C)(C)O1.O=CO. The maximum atomic E-state index is 9.26. The number of aromatic nitrogens is 1. The number of pyridine rings is 1. The van der Waals surface area contributed by atoms with Gasteiger partial charge in [-0.2, -0.15) is 5.26 Å². The maximum Gasteiger partial charge on any atom is 0.495 e. The molecule has 0 spiro atoms. The molecule has 45 heavy (non-hydrogen) atoms. The zero-order valence-corrected chi connectivity index (χ0v) is 27.4. The molecule has 238 valence electrons. The molecule has 2 aliphatic heterocycles. The molecule has 2 aromatic carbocycles. The Hall–Kier alpha value is -3.62. The first-order valence-electron chi connectivity index (χ1n) is 15.1. The lowest BCUT2D eigenvalue weighted by atomic mass is 9.75. The van der Waals surface area contributed by atoms with E-state index in [1.807, 2.05) is 24.3 Å². The van der Waals surface area contributed by atoms with Crippen molar-refractivity contribution in [1.82, 2.24) is 9.88 Å². The third-order valence-corrected chi connectivity index (χ3v) is 8.95. The summed E-state index contributed by atoms with van der Waals surface area (Å²) in [5, 5.41) is 16.7. The smallest absolute Gasteiger partial charge is 0.488 e. The van der Waals surface area contributed by atoms with Crippen LogP contribution >= 0.6 is 11.6 Å². The molecule has 3 aromatic rings. The number of hydrogen-bond donors (Lipinski definition) is 1. The molecule has 0 aliphatic carbocycles. The van der Waals surface area contributed by atoms with Crippen molar-refractivity contribution in [3.63, 3.8) is 0 Å². The van der Waals surface area contributed by atoms with Crippen LogP contribution < -0.4 is 14.9 Å². The van der Waals surface area contributed by atoms with Crippen LogP contribution in [0.5, 0.6) is 11.5 Å². The molecule has 0 unspecified atom stereocenters. The lowest BCUT2D eigenvalue weighted by Crippen LogP contribution is -2.41. The predicted octanol–water partition coefficient (Wildman–Crippen LogP) is 6.06. The van der Waals surface area contributed by atoms with Crippen LogP contribution in [0.25, 0.3) is 0 Å². The molecule has 2 saturated heterocycles. The van der Waals surface area contributed by atoms with Gasteiger partial charge in [-0.05, 0) is 89.3 Å². The number of hydrogen-bond acceptors (Lipinski definition) is 8. The van der Waals surface area contributed by atoms with Crippen molar-refractivity contribution in [2.45, 2.75) is 84.8 Å². The standard InChI is InChI=1S/C33H39BClN3O4.CH2O2/c1-23-26(10-9-11-28(23)34-41-32(2,3)33(4,5)42-34)22-40-31-16-30(39-21-25-14-24(17-36)18-37-19-25)27(15-29(31)35)20-38-12-7-6-8-13-38;2-1-3/h9-11,14-16,18-19H,6-8,12-13,20-22H2,1-5H3;1H,(H,2,3). The van der Waals surface area contributed by atoms with Crippen LogP contribution in [0, 0.1) is 18.3 Å². The number of carbonyl (C=O) groups is 1. The van der Waals surface area contributed by atoms with Crippen LogP contribution in [-0.4, -0.2) is 52.9 Å². The molecule has 2 aliphatic rings. The zero-order valence-electron chi connectivity index (χ0n) is 26.6. The first kappa shape index (κ1) is 34.3. The number of nitriles is 1. The molecule has 11 heteroatoms. The van der Waals surface area contributed by atoms with E-state index in [4.69, 9.17) is 40.3 Å². The summed E-state index contributed by atoms with van der Waals surface area (Å²) in [6, 6.07) is 13.9. The number of likely N-dealkylation sites (tertiary alicyclic amines) is 1. The number of benzene rings is 2. The summed E-state index contributed by atoms with van der Waals surface area (Å²) in [4.78, 5) is 15.0. The summed E-state index contributed by atoms with van der Waals surface area (Å²) in [5.74, 6) is 1.27. The summed E-state index contributed by atoms with van der Waals surface area (Å²) in [6.45, 7) is 13.5. The number of piperidine rings is 1. The highest BCUT2D eigenvalue weighted by molar-refractivity contribution is 6.62. The first-order chi connectivity index (χ1) is 21.5. The lowest BCUT2D eigenvalue weighted by molar-refractivity contribution is -0.122. The number of ether oxygens (including phenoxy) is 2. The van der Waals surface area contributed by atoms with Crippen molar-refractivity contribution in [2.75, 3.05) is 13.1 Å². The van der Waals surface area contributed by atoms with Gasteiger partial charge in [-0.25, -0.2) is 0 Å². The Bertz CT molecular complexity index is 1500. The monoisotopic (exact) mass is 633 g/mol. The highest BCUT2D eigenvalue weighted by Gasteiger charge is 2.52. The number of nitrogens with zero attached hydrogens (tertiary/aromatic N) is 3. The van der Waals surface area contributed by atoms with E-state index < -0.39 is 18.3 Å². The van der Waals surface area contributed by atoms with Gasteiger partial charge in [0.2, 0.25) is 0 Å². The van der Waals surface area contributed by atoms with E-state index in [0.717, 1.165) is 47.4 Å². The second-order valence-electron chi connectivity index (χ2n) is 12.3. The zero-order chi connectivity index (χ0) is 32.6. The summed E-state index contributed by atoms with van der Waals surface area (Å²) < 4.78 is 25.2. The Labute approximate surface area is 271 Å². The van der Waals surface area contributed by atoms with E-state index in [1.54, 1.807) is 18.5 Å². The molecule has 0 saturated carbocycles. The van der Waals surface area contributed by atoms with Gasteiger partial charge in [-0.1, -0.05) is 36.2 Å². The molecule has 3 heterocycles. The average Bonchev–Trinajstić information content (AvgIpc) is 3.23. The van der Waals surface area contributed by atoms with Crippen molar-refractivity contribution in [1.29, 1.82) is 5.26 Å². The van der Waals surface area contributed by atoms with Crippen LogP contribution in [0.15, 0.2) is 48.8 Å². The Balaban J connectivity index is 0.00000148. The van der Waals surface area contributed by atoms with Crippen molar-refractivity contribution >= 4 is 30.7 Å². The van der Waals surface area contributed by atoms with E-state index in [2.05, 4.69) is 56.6 Å². The minimum Gasteiger partial charge on any atom is -0.488 e. The average molecular weight is 634 g/mol. The van der Waals surface area contributed by atoms with Gasteiger partial charge in [0.1, 0.15) is 30.8 Å². The molecule has 0 radical (unpaired) electrons. The molecule has 5 rings (SSSR count). The van der Waals surface area contributed by atoms with E-state index in [0.29, 0.717) is 28.7 Å². The third kappa shape index (κ3) is 8.56. The summed E-state index contributed by atoms with van der Waals surface area (Å²) in [5.41, 5.74) is 4.60. The predicted molar refractivity (Wildman–Crippen MR) is 174 cm³/mol. The van der Waals surface area contributed by atoms with E-state index in [9.17, 15) is 5.26 Å². The van der Waals surface area contributed by atoms with Gasteiger partial charge in [0.05, 0.1) is 21.8 Å². The summed E-state index contributed by atoms with van der Waals surface area (Å²) >= 11 is 6.79. The van der Waals surface area contributed by atoms with E-state index >= 15 is 0 Å². The van der Waals surface area contributed by atoms with Crippen molar-refractivity contribution < 1.29 is 28.7 Å². The van der Waals surface area contributed by atoms with E-state index in [-0.39, 0.29) is 13.1 Å². The largest absolute Gasteiger partial charge is 0.495 e. The maximum absolute atomic E-state index is 9.26. The van der Waals surface area contributed by atoms with Crippen LogP contribution in [-0.2, 0) is 33.9 Å². The molecule has 0 atom stereocenters. The fourth-order valence-electron chi connectivity index (χ4n) is 5.33. The van der Waals surface area contributed by atoms with Gasteiger partial charge in [0, 0.05) is 36.1 Å². The minimum atomic E-state index is -0.443. The fraction of sp³-hybridized carbons (Fsp3) is 0.441. The minimum absolute atomic E-state index is 0.250. The number of carboxylic acid groups (broad SMARTS) is 1. The Kier molecular flexibility index (Phi) is 11.5. The van der Waals surface area contributed by atoms with Crippen molar-refractivity contribution in [3.8, 4) is 17.6 Å². The van der Waals surface area contributed by atoms with Crippen molar-refractivity contribution in [2.24, 2.45) is 0 Å². The van der Waals surface area contributed by atoms with Crippen molar-refractivity contribution in [3.05, 3.63) is 81.6 Å². The Morgan fingerprint density at radius 3 is 2.36 bits per heavy atom. The Morgan fingerprint density at radius 2 is 1.69 bits per heavy atom. The van der Waals surface area contributed by atoms with Crippen LogP contribution in [0.3, 0.4) is 0 Å². The van der Waals surface area contributed by atoms with E-state index in [1.165, 1.54) is 19.3 Å². The summed E-state index contributed by atoms with van der Waals surface area (Å²) in [6.07, 6.45) is 6.92. The van der Waals surface area contributed by atoms with Crippen LogP contribution in [0.2, 0.25) is 5.02 Å². The molecule has 1 aromatic heterocycles. The topological polar surface area (TPSA) is 114 Å². The van der Waals surface area contributed by atoms with Crippen LogP contribution in [0.1, 0.15) is 74.8 Å². The molecule has 0 bridgehead atoms. The third-order valence-electron chi connectivity index (χ3n) is 8.65. The lowest BCUT2D eigenvalue weighted by Gasteiger charge is -2.32. The molecule has 0 amide bonds. The highest BCUT2D eigenvalue weighted by atomic mass is 35.5. The quantitative estimate of drug-likeness (QED) is 0.222. The molecular formula is C34H41BClN3O6. The molecule has 9 nitrogen and oxygen atoms in total. The fourth-order valence-corrected chi connectivity index (χ4v) is 5.57. The number of halogens is 1. The second-order valence-corrected chi connectivity index (χ2v) is 12.7. The van der Waals surface area contributed by atoms with Gasteiger partial charge in [0.15, 0.2) is 0 Å². The molecule has 2 fully saturated rings. The normalized spacial score (nSPS) is 17.1.